The summed E-state index contributed by atoms with van der Waals surface area (Å²) in [6.45, 7) is 0.433. The van der Waals surface area contributed by atoms with Crippen LogP contribution in [0.3, 0.4) is 0 Å². The van der Waals surface area contributed by atoms with Crippen LogP contribution in [0.4, 0.5) is 13.2 Å². The highest BCUT2D eigenvalue weighted by molar-refractivity contribution is 5.16. The second-order valence-electron chi connectivity index (χ2n) is 5.75. The third kappa shape index (κ3) is 3.82. The minimum atomic E-state index is -2.72. The number of piperidine rings is 1. The first-order chi connectivity index (χ1) is 10.9. The van der Waals surface area contributed by atoms with Crippen molar-refractivity contribution in [2.75, 3.05) is 13.1 Å². The fraction of sp³-hybridized carbons (Fsp3) is 0.467. The molecular formula is C15H16F3N3O2. The number of nitrogens with zero attached hydrogens (tertiary/aromatic N) is 3. The molecule has 2 heterocycles. The van der Waals surface area contributed by atoms with Crippen LogP contribution < -0.4 is 5.76 Å². The van der Waals surface area contributed by atoms with Crippen molar-refractivity contribution in [3.63, 3.8) is 0 Å². The van der Waals surface area contributed by atoms with Crippen molar-refractivity contribution < 1.29 is 17.7 Å². The largest absolute Gasteiger partial charge is 0.441 e. The highest BCUT2D eigenvalue weighted by Crippen LogP contribution is 2.27. The van der Waals surface area contributed by atoms with Crippen molar-refractivity contribution in [1.82, 2.24) is 14.6 Å². The summed E-state index contributed by atoms with van der Waals surface area (Å²) in [5, 5.41) is 3.69. The molecule has 8 heteroatoms. The fourth-order valence-corrected chi connectivity index (χ4v) is 2.72. The van der Waals surface area contributed by atoms with Crippen molar-refractivity contribution in [2.24, 2.45) is 0 Å². The molecule has 23 heavy (non-hydrogen) atoms. The van der Waals surface area contributed by atoms with Gasteiger partial charge in [-0.2, -0.15) is 0 Å². The van der Waals surface area contributed by atoms with Crippen LogP contribution >= 0.6 is 0 Å². The van der Waals surface area contributed by atoms with E-state index in [1.54, 1.807) is 17.0 Å². The summed E-state index contributed by atoms with van der Waals surface area (Å²) in [6, 6.07) is 5.68. The molecule has 1 saturated heterocycles. The van der Waals surface area contributed by atoms with Crippen LogP contribution in [0.2, 0.25) is 0 Å². The van der Waals surface area contributed by atoms with E-state index in [1.165, 1.54) is 16.7 Å². The molecule has 1 fully saturated rings. The molecule has 0 radical (unpaired) electrons. The third-order valence-electron chi connectivity index (χ3n) is 3.85. The molecule has 0 unspecified atom stereocenters. The van der Waals surface area contributed by atoms with E-state index in [2.05, 4.69) is 9.68 Å². The zero-order valence-corrected chi connectivity index (χ0v) is 12.3. The molecule has 3 rings (SSSR count). The van der Waals surface area contributed by atoms with E-state index in [9.17, 15) is 18.0 Å². The fourth-order valence-electron chi connectivity index (χ4n) is 2.72. The van der Waals surface area contributed by atoms with Gasteiger partial charge in [0.05, 0.1) is 19.6 Å². The van der Waals surface area contributed by atoms with E-state index >= 15 is 0 Å². The first-order valence-corrected chi connectivity index (χ1v) is 7.33. The van der Waals surface area contributed by atoms with E-state index < -0.39 is 11.7 Å². The lowest BCUT2D eigenvalue weighted by Gasteiger charge is -2.31. The molecule has 1 aromatic carbocycles. The summed E-state index contributed by atoms with van der Waals surface area (Å²) in [7, 11) is 0. The zero-order chi connectivity index (χ0) is 16.4. The molecule has 2 aromatic rings. The quantitative estimate of drug-likeness (QED) is 0.864. The highest BCUT2D eigenvalue weighted by Gasteiger charge is 2.35. The molecule has 0 spiro atoms. The number of aromatic nitrogens is 2. The molecule has 0 N–H and O–H groups in total. The van der Waals surface area contributed by atoms with Gasteiger partial charge < -0.3 is 0 Å². The van der Waals surface area contributed by atoms with Crippen LogP contribution in [-0.4, -0.2) is 33.6 Å². The number of benzene rings is 1. The third-order valence-corrected chi connectivity index (χ3v) is 3.85. The lowest BCUT2D eigenvalue weighted by atomic mass is 10.1. The lowest BCUT2D eigenvalue weighted by molar-refractivity contribution is -0.0669. The van der Waals surface area contributed by atoms with Gasteiger partial charge in [0.2, 0.25) is 0 Å². The number of likely N-dealkylation sites (tertiary alicyclic amines) is 1. The Bertz CT molecular complexity index is 724. The summed E-state index contributed by atoms with van der Waals surface area (Å²) in [5.41, 5.74) is 0.696. The Hall–Kier alpha value is -2.09. The Morgan fingerprint density at radius 2 is 1.96 bits per heavy atom. The standard InChI is InChI=1S/C15H16F3N3O2/c16-12-4-2-11(3-5-12)8-21-13(19-23-14(21)22)9-20-7-1-6-15(17,18)10-20/h2-5H,1,6-10H2. The van der Waals surface area contributed by atoms with Crippen molar-refractivity contribution >= 4 is 0 Å². The minimum absolute atomic E-state index is 0.114. The van der Waals surface area contributed by atoms with Gasteiger partial charge in [-0.25, -0.2) is 18.0 Å². The van der Waals surface area contributed by atoms with E-state index in [4.69, 9.17) is 0 Å². The number of hydrogen-bond donors (Lipinski definition) is 0. The van der Waals surface area contributed by atoms with Gasteiger partial charge in [0.25, 0.3) is 5.92 Å². The van der Waals surface area contributed by atoms with Crippen molar-refractivity contribution in [1.29, 1.82) is 0 Å². The van der Waals surface area contributed by atoms with Gasteiger partial charge in [0, 0.05) is 6.42 Å². The van der Waals surface area contributed by atoms with Gasteiger partial charge in [-0.3, -0.25) is 14.0 Å². The van der Waals surface area contributed by atoms with E-state index in [-0.39, 0.29) is 37.7 Å². The van der Waals surface area contributed by atoms with Crippen LogP contribution in [0, 0.1) is 5.82 Å². The molecule has 5 nitrogen and oxygen atoms in total. The predicted molar refractivity (Wildman–Crippen MR) is 75.7 cm³/mol. The summed E-state index contributed by atoms with van der Waals surface area (Å²) in [6.07, 6.45) is 0.276. The number of alkyl halides is 2. The zero-order valence-electron chi connectivity index (χ0n) is 12.3. The minimum Gasteiger partial charge on any atom is -0.296 e. The summed E-state index contributed by atoms with van der Waals surface area (Å²) in [5.74, 6) is -3.46. The smallest absolute Gasteiger partial charge is 0.296 e. The maximum atomic E-state index is 13.5. The maximum Gasteiger partial charge on any atom is 0.441 e. The number of halogens is 3. The molecule has 1 aromatic heterocycles. The van der Waals surface area contributed by atoms with Gasteiger partial charge in [-0.05, 0) is 30.7 Å². The van der Waals surface area contributed by atoms with E-state index in [1.807, 2.05) is 0 Å². The van der Waals surface area contributed by atoms with Crippen LogP contribution in [0.25, 0.3) is 0 Å². The molecule has 1 aliphatic heterocycles. The molecule has 0 atom stereocenters. The second kappa shape index (κ2) is 6.19. The van der Waals surface area contributed by atoms with E-state index in [0.717, 1.165) is 0 Å². The van der Waals surface area contributed by atoms with Crippen LogP contribution in [0.1, 0.15) is 24.2 Å². The molecule has 0 amide bonds. The van der Waals surface area contributed by atoms with E-state index in [0.29, 0.717) is 18.5 Å². The Morgan fingerprint density at radius 1 is 1.22 bits per heavy atom. The second-order valence-corrected chi connectivity index (χ2v) is 5.75. The van der Waals surface area contributed by atoms with Crippen LogP contribution in [-0.2, 0) is 13.1 Å². The van der Waals surface area contributed by atoms with Gasteiger partial charge in [0.15, 0.2) is 5.82 Å². The number of rotatable bonds is 4. The monoisotopic (exact) mass is 327 g/mol. The molecule has 0 saturated carbocycles. The first kappa shape index (κ1) is 15.8. The lowest BCUT2D eigenvalue weighted by Crippen LogP contribution is -2.42. The van der Waals surface area contributed by atoms with Gasteiger partial charge in [-0.15, -0.1) is 0 Å². The Morgan fingerprint density at radius 3 is 2.65 bits per heavy atom. The van der Waals surface area contributed by atoms with Crippen molar-refractivity contribution in [2.45, 2.75) is 31.9 Å². The molecule has 0 aliphatic carbocycles. The topological polar surface area (TPSA) is 51.3 Å². The summed E-state index contributed by atoms with van der Waals surface area (Å²) < 4.78 is 45.8. The maximum absolute atomic E-state index is 13.5. The SMILES string of the molecule is O=c1onc(CN2CCCC(F)(F)C2)n1Cc1ccc(F)cc1. The summed E-state index contributed by atoms with van der Waals surface area (Å²) in [4.78, 5) is 13.3. The first-order valence-electron chi connectivity index (χ1n) is 7.33. The van der Waals surface area contributed by atoms with Gasteiger partial charge >= 0.3 is 5.76 Å². The Kier molecular flexibility index (Phi) is 4.25. The summed E-state index contributed by atoms with van der Waals surface area (Å²) >= 11 is 0. The molecule has 0 bridgehead atoms. The molecule has 1 aliphatic rings. The number of hydrogen-bond acceptors (Lipinski definition) is 4. The highest BCUT2D eigenvalue weighted by atomic mass is 19.3. The van der Waals surface area contributed by atoms with Crippen molar-refractivity contribution in [3.05, 3.63) is 52.0 Å². The molecule has 124 valence electrons. The van der Waals surface area contributed by atoms with Crippen LogP contribution in [0.15, 0.2) is 33.6 Å². The Balaban J connectivity index is 1.76. The van der Waals surface area contributed by atoms with Crippen LogP contribution in [0.5, 0.6) is 0 Å². The molecular weight excluding hydrogens is 311 g/mol. The average molecular weight is 327 g/mol. The van der Waals surface area contributed by atoms with Crippen molar-refractivity contribution in [3.8, 4) is 0 Å². The average Bonchev–Trinajstić information content (AvgIpc) is 2.81. The predicted octanol–water partition coefficient (Wildman–Crippen LogP) is 2.25. The Labute approximate surface area is 130 Å². The van der Waals surface area contributed by atoms with Gasteiger partial charge in [0.1, 0.15) is 5.82 Å². The normalized spacial score (nSPS) is 18.2. The van der Waals surface area contributed by atoms with Gasteiger partial charge in [-0.1, -0.05) is 17.3 Å².